The fraction of sp³-hybridized carbons (Fsp3) is 0.200. The Hall–Kier alpha value is -3.54. The molecule has 0 bridgehead atoms. The molecule has 9 heteroatoms. The number of ether oxygens (including phenoxy) is 1. The average Bonchev–Trinajstić information content (AvgIpc) is 3.08. The van der Waals surface area contributed by atoms with Crippen LogP contribution in [0.4, 0.5) is 23.2 Å². The third kappa shape index (κ3) is 3.16. The number of halogens is 4. The molecule has 0 aliphatic carbocycles. The SMILES string of the molecule is N#CC1=C(N)O[C@H]2[C@H](C(C(F)(F)F)=NN2c2ccccc2)[C@@H]1c1ccc(F)cc1. The molecule has 0 aromatic heterocycles. The van der Waals surface area contributed by atoms with E-state index in [9.17, 15) is 22.8 Å². The highest BCUT2D eigenvalue weighted by Crippen LogP contribution is 2.48. The summed E-state index contributed by atoms with van der Waals surface area (Å²) in [5.74, 6) is -3.27. The van der Waals surface area contributed by atoms with Crippen LogP contribution in [0, 0.1) is 23.1 Å². The molecule has 3 atom stereocenters. The van der Waals surface area contributed by atoms with Gasteiger partial charge in [0.15, 0.2) is 5.71 Å². The summed E-state index contributed by atoms with van der Waals surface area (Å²) in [6, 6.07) is 15.0. The molecule has 2 aromatic carbocycles. The number of anilines is 1. The molecule has 0 amide bonds. The van der Waals surface area contributed by atoms with E-state index in [4.69, 9.17) is 10.5 Å². The van der Waals surface area contributed by atoms with E-state index in [0.717, 1.165) is 17.1 Å². The molecule has 2 aliphatic heterocycles. The summed E-state index contributed by atoms with van der Waals surface area (Å²) in [7, 11) is 0. The van der Waals surface area contributed by atoms with Gasteiger partial charge in [-0.05, 0) is 29.8 Å². The number of nitrogens with two attached hydrogens (primary N) is 1. The highest BCUT2D eigenvalue weighted by Gasteiger charge is 2.57. The van der Waals surface area contributed by atoms with Gasteiger partial charge >= 0.3 is 6.18 Å². The number of hydrogen-bond donors (Lipinski definition) is 1. The Labute approximate surface area is 163 Å². The second-order valence-corrected chi connectivity index (χ2v) is 6.62. The van der Waals surface area contributed by atoms with Crippen molar-refractivity contribution in [3.05, 3.63) is 77.4 Å². The monoisotopic (exact) mass is 402 g/mol. The number of alkyl halides is 3. The van der Waals surface area contributed by atoms with Crippen LogP contribution >= 0.6 is 0 Å². The van der Waals surface area contributed by atoms with Gasteiger partial charge in [-0.25, -0.2) is 9.40 Å². The second kappa shape index (κ2) is 6.81. The van der Waals surface area contributed by atoms with Crippen LogP contribution < -0.4 is 10.7 Å². The Morgan fingerprint density at radius 2 is 1.72 bits per heavy atom. The molecule has 29 heavy (non-hydrogen) atoms. The standard InChI is InChI=1S/C20H14F4N4O/c21-12-8-6-11(7-9-12)15-14(10-25)18(26)29-19-16(15)17(20(22,23)24)27-28(19)13-4-2-1-3-5-13/h1-9,15-16,19H,26H2/t15-,16+,19+/m1/s1. The fourth-order valence-corrected chi connectivity index (χ4v) is 3.70. The number of nitrogens with zero attached hydrogens (tertiary/aromatic N) is 3. The minimum atomic E-state index is -4.76. The lowest BCUT2D eigenvalue weighted by molar-refractivity contribution is -0.0658. The van der Waals surface area contributed by atoms with Crippen LogP contribution in [0.25, 0.3) is 0 Å². The van der Waals surface area contributed by atoms with Gasteiger partial charge in [0.1, 0.15) is 11.9 Å². The predicted octanol–water partition coefficient (Wildman–Crippen LogP) is 4.01. The lowest BCUT2D eigenvalue weighted by Crippen LogP contribution is -2.46. The van der Waals surface area contributed by atoms with Crippen molar-refractivity contribution in [2.45, 2.75) is 18.3 Å². The summed E-state index contributed by atoms with van der Waals surface area (Å²) in [6.45, 7) is 0. The van der Waals surface area contributed by atoms with Gasteiger partial charge < -0.3 is 10.5 Å². The highest BCUT2D eigenvalue weighted by molar-refractivity contribution is 5.96. The minimum absolute atomic E-state index is 0.148. The molecule has 2 aromatic rings. The average molecular weight is 402 g/mol. The van der Waals surface area contributed by atoms with Crippen LogP contribution in [0.5, 0.6) is 0 Å². The van der Waals surface area contributed by atoms with E-state index in [0.29, 0.717) is 11.3 Å². The number of para-hydroxylation sites is 1. The third-order valence-corrected chi connectivity index (χ3v) is 4.92. The van der Waals surface area contributed by atoms with Crippen molar-refractivity contribution in [2.75, 3.05) is 5.01 Å². The Morgan fingerprint density at radius 3 is 2.31 bits per heavy atom. The lowest BCUT2D eigenvalue weighted by atomic mass is 9.76. The zero-order chi connectivity index (χ0) is 20.8. The molecule has 2 heterocycles. The lowest BCUT2D eigenvalue weighted by Gasteiger charge is -2.37. The van der Waals surface area contributed by atoms with Gasteiger partial charge in [-0.15, -0.1) is 0 Å². The number of fused-ring (bicyclic) bond motifs is 1. The smallest absolute Gasteiger partial charge is 0.431 e. The third-order valence-electron chi connectivity index (χ3n) is 4.92. The quantitative estimate of drug-likeness (QED) is 0.771. The first kappa shape index (κ1) is 18.8. The predicted molar refractivity (Wildman–Crippen MR) is 96.7 cm³/mol. The van der Waals surface area contributed by atoms with Crippen molar-refractivity contribution in [2.24, 2.45) is 16.8 Å². The van der Waals surface area contributed by atoms with E-state index in [2.05, 4.69) is 5.10 Å². The number of allylic oxidation sites excluding steroid dienone is 1. The minimum Gasteiger partial charge on any atom is -0.452 e. The molecule has 2 aliphatic rings. The maximum atomic E-state index is 13.9. The number of hydrazone groups is 1. The van der Waals surface area contributed by atoms with Crippen molar-refractivity contribution in [1.29, 1.82) is 5.26 Å². The molecule has 0 radical (unpaired) electrons. The normalized spacial score (nSPS) is 23.9. The van der Waals surface area contributed by atoms with Crippen molar-refractivity contribution < 1.29 is 22.3 Å². The van der Waals surface area contributed by atoms with Crippen molar-refractivity contribution in [3.63, 3.8) is 0 Å². The maximum Gasteiger partial charge on any atom is 0.431 e. The number of rotatable bonds is 2. The van der Waals surface area contributed by atoms with Crippen molar-refractivity contribution in [3.8, 4) is 6.07 Å². The van der Waals surface area contributed by atoms with Gasteiger partial charge in [0, 0.05) is 5.92 Å². The molecule has 5 nitrogen and oxygen atoms in total. The van der Waals surface area contributed by atoms with Crippen LogP contribution in [-0.4, -0.2) is 18.1 Å². The van der Waals surface area contributed by atoms with Crippen molar-refractivity contribution >= 4 is 11.4 Å². The molecule has 4 rings (SSSR count). The van der Waals surface area contributed by atoms with E-state index >= 15 is 0 Å². The maximum absolute atomic E-state index is 13.9. The molecule has 0 spiro atoms. The Morgan fingerprint density at radius 1 is 1.07 bits per heavy atom. The molecule has 0 saturated heterocycles. The van der Waals surface area contributed by atoms with Crippen LogP contribution in [-0.2, 0) is 4.74 Å². The van der Waals surface area contributed by atoms with E-state index in [1.165, 1.54) is 12.1 Å². The van der Waals surface area contributed by atoms with E-state index in [-0.39, 0.29) is 11.5 Å². The molecule has 148 valence electrons. The molecule has 0 saturated carbocycles. The molecule has 0 unspecified atom stereocenters. The highest BCUT2D eigenvalue weighted by atomic mass is 19.4. The Kier molecular flexibility index (Phi) is 4.42. The zero-order valence-electron chi connectivity index (χ0n) is 14.8. The first-order valence-corrected chi connectivity index (χ1v) is 8.63. The summed E-state index contributed by atoms with van der Waals surface area (Å²) in [6.07, 6.45) is -5.97. The van der Waals surface area contributed by atoms with Crippen LogP contribution in [0.2, 0.25) is 0 Å². The molecular weight excluding hydrogens is 388 g/mol. The Bertz CT molecular complexity index is 1030. The molecule has 2 N–H and O–H groups in total. The summed E-state index contributed by atoms with van der Waals surface area (Å²) in [5.41, 5.74) is 5.37. The zero-order valence-corrected chi connectivity index (χ0v) is 14.8. The Balaban J connectivity index is 1.90. The number of nitriles is 1. The summed E-state index contributed by atoms with van der Waals surface area (Å²) >= 11 is 0. The molecule has 0 fully saturated rings. The van der Waals surface area contributed by atoms with Gasteiger partial charge in [-0.1, -0.05) is 30.3 Å². The van der Waals surface area contributed by atoms with Gasteiger partial charge in [-0.2, -0.15) is 23.5 Å². The van der Waals surface area contributed by atoms with E-state index in [1.54, 1.807) is 30.3 Å². The second-order valence-electron chi connectivity index (χ2n) is 6.62. The van der Waals surface area contributed by atoms with Gasteiger partial charge in [-0.3, -0.25) is 0 Å². The summed E-state index contributed by atoms with van der Waals surface area (Å²) < 4.78 is 60.6. The first-order chi connectivity index (χ1) is 13.8. The summed E-state index contributed by atoms with van der Waals surface area (Å²) in [4.78, 5) is 0. The largest absolute Gasteiger partial charge is 0.452 e. The van der Waals surface area contributed by atoms with Crippen LogP contribution in [0.1, 0.15) is 11.5 Å². The van der Waals surface area contributed by atoms with Crippen LogP contribution in [0.3, 0.4) is 0 Å². The topological polar surface area (TPSA) is 74.6 Å². The first-order valence-electron chi connectivity index (χ1n) is 8.63. The van der Waals surface area contributed by atoms with E-state index < -0.39 is 35.8 Å². The van der Waals surface area contributed by atoms with Gasteiger partial charge in [0.25, 0.3) is 0 Å². The number of benzene rings is 2. The van der Waals surface area contributed by atoms with Crippen molar-refractivity contribution in [1.82, 2.24) is 0 Å². The van der Waals surface area contributed by atoms with Gasteiger partial charge in [0.05, 0.1) is 17.2 Å². The molecular formula is C20H14F4N4O. The van der Waals surface area contributed by atoms with Crippen LogP contribution in [0.15, 0.2) is 71.2 Å². The number of hydrogen-bond acceptors (Lipinski definition) is 5. The van der Waals surface area contributed by atoms with E-state index in [1.807, 2.05) is 6.07 Å². The summed E-state index contributed by atoms with van der Waals surface area (Å²) in [5, 5.41) is 14.5. The van der Waals surface area contributed by atoms with Gasteiger partial charge in [0.2, 0.25) is 12.1 Å². The fourth-order valence-electron chi connectivity index (χ4n) is 3.70.